The first kappa shape index (κ1) is 11.3. The number of pyridine rings is 1. The summed E-state index contributed by atoms with van der Waals surface area (Å²) in [7, 11) is 1.27. The lowest BCUT2D eigenvalue weighted by atomic mass is 10.1. The molecule has 1 atom stereocenters. The smallest absolute Gasteiger partial charge is 0.268 e. The molecule has 2 aromatic heterocycles. The van der Waals surface area contributed by atoms with E-state index < -0.39 is 12.5 Å². The van der Waals surface area contributed by atoms with Crippen molar-refractivity contribution in [3.63, 3.8) is 0 Å². The van der Waals surface area contributed by atoms with E-state index in [0.717, 1.165) is 5.01 Å². The molecule has 2 heterocycles. The van der Waals surface area contributed by atoms with Crippen LogP contribution in [0.2, 0.25) is 0 Å². The molecular formula is C10H10F2N2OS. The predicted octanol–water partition coefficient (Wildman–Crippen LogP) is 2.95. The second kappa shape index (κ2) is 4.39. The first-order chi connectivity index (χ1) is 7.63. The van der Waals surface area contributed by atoms with E-state index in [4.69, 9.17) is 4.74 Å². The molecule has 0 spiro atoms. The lowest BCUT2D eigenvalue weighted by Gasteiger charge is -2.14. The van der Waals surface area contributed by atoms with Gasteiger partial charge in [-0.15, -0.1) is 0 Å². The largest absolute Gasteiger partial charge is 0.371 e. The molecule has 0 aliphatic rings. The minimum atomic E-state index is -2.57. The van der Waals surface area contributed by atoms with Crippen LogP contribution in [0.1, 0.15) is 16.7 Å². The van der Waals surface area contributed by atoms with Gasteiger partial charge in [0.1, 0.15) is 16.5 Å². The van der Waals surface area contributed by atoms with Crippen LogP contribution in [-0.2, 0) is 4.74 Å². The fourth-order valence-electron chi connectivity index (χ4n) is 1.55. The van der Waals surface area contributed by atoms with E-state index in [1.807, 2.05) is 6.92 Å². The van der Waals surface area contributed by atoms with Gasteiger partial charge in [-0.05, 0) is 13.0 Å². The Bertz CT molecular complexity index is 501. The van der Waals surface area contributed by atoms with Crippen LogP contribution in [0, 0.1) is 6.92 Å². The van der Waals surface area contributed by atoms with Crippen molar-refractivity contribution in [2.24, 2.45) is 0 Å². The fourth-order valence-corrected chi connectivity index (χ4v) is 2.34. The summed E-state index contributed by atoms with van der Waals surface area (Å²) in [4.78, 5) is 8.97. The zero-order valence-electron chi connectivity index (χ0n) is 8.78. The molecule has 3 nitrogen and oxygen atoms in total. The molecule has 0 N–H and O–H groups in total. The van der Waals surface area contributed by atoms with E-state index in [-0.39, 0.29) is 0 Å². The van der Waals surface area contributed by atoms with Crippen LogP contribution in [0.4, 0.5) is 8.78 Å². The van der Waals surface area contributed by atoms with Gasteiger partial charge in [0.2, 0.25) is 0 Å². The number of ether oxygens (including phenoxy) is 1. The van der Waals surface area contributed by atoms with Gasteiger partial charge in [0.25, 0.3) is 6.43 Å². The third-order valence-electron chi connectivity index (χ3n) is 2.22. The number of thiazole rings is 1. The maximum atomic E-state index is 12.8. The highest BCUT2D eigenvalue weighted by atomic mass is 32.1. The van der Waals surface area contributed by atoms with Gasteiger partial charge in [-0.2, -0.15) is 0 Å². The van der Waals surface area contributed by atoms with Crippen LogP contribution in [0.3, 0.4) is 0 Å². The molecule has 0 unspecified atom stereocenters. The maximum Gasteiger partial charge on any atom is 0.268 e. The quantitative estimate of drug-likeness (QED) is 0.832. The molecule has 0 saturated heterocycles. The van der Waals surface area contributed by atoms with Crippen LogP contribution in [0.15, 0.2) is 12.3 Å². The van der Waals surface area contributed by atoms with Crippen LogP contribution >= 0.6 is 11.3 Å². The van der Waals surface area contributed by atoms with Gasteiger partial charge in [-0.3, -0.25) is 0 Å². The average Bonchev–Trinajstić information content (AvgIpc) is 2.59. The number of hydrogen-bond acceptors (Lipinski definition) is 4. The summed E-state index contributed by atoms with van der Waals surface area (Å²) in [5.74, 6) is 0. The van der Waals surface area contributed by atoms with E-state index in [1.165, 1.54) is 30.7 Å². The number of aryl methyl sites for hydroxylation is 1. The van der Waals surface area contributed by atoms with Crippen molar-refractivity contribution in [1.29, 1.82) is 0 Å². The van der Waals surface area contributed by atoms with Crippen molar-refractivity contribution in [3.8, 4) is 0 Å². The van der Waals surface area contributed by atoms with Gasteiger partial charge in [-0.25, -0.2) is 18.7 Å². The maximum absolute atomic E-state index is 12.8. The standard InChI is InChI=1S/C10H10F2N2OS/c1-5-14-7-6(8(15-2)9(11)12)3-4-13-10(7)16-5/h3-4,8-9H,1-2H3/t8-/m0/s1. The lowest BCUT2D eigenvalue weighted by molar-refractivity contribution is -0.0336. The van der Waals surface area contributed by atoms with Crippen LogP contribution < -0.4 is 0 Å². The lowest BCUT2D eigenvalue weighted by Crippen LogP contribution is -2.11. The predicted molar refractivity (Wildman–Crippen MR) is 57.9 cm³/mol. The summed E-state index contributed by atoms with van der Waals surface area (Å²) in [6.45, 7) is 1.82. The first-order valence-electron chi connectivity index (χ1n) is 4.66. The van der Waals surface area contributed by atoms with Crippen molar-refractivity contribution < 1.29 is 13.5 Å². The highest BCUT2D eigenvalue weighted by Gasteiger charge is 2.25. The van der Waals surface area contributed by atoms with Crippen LogP contribution in [-0.4, -0.2) is 23.5 Å². The van der Waals surface area contributed by atoms with Gasteiger partial charge >= 0.3 is 0 Å². The van der Waals surface area contributed by atoms with Gasteiger partial charge in [0.05, 0.1) is 5.01 Å². The molecule has 0 saturated carbocycles. The second-order valence-electron chi connectivity index (χ2n) is 3.28. The average molecular weight is 244 g/mol. The van der Waals surface area contributed by atoms with Crippen molar-refractivity contribution in [2.45, 2.75) is 19.5 Å². The normalized spacial score (nSPS) is 13.6. The van der Waals surface area contributed by atoms with Crippen molar-refractivity contribution in [1.82, 2.24) is 9.97 Å². The Hall–Kier alpha value is -1.14. The highest BCUT2D eigenvalue weighted by molar-refractivity contribution is 7.18. The first-order valence-corrected chi connectivity index (χ1v) is 5.48. The molecule has 0 bridgehead atoms. The van der Waals surface area contributed by atoms with Crippen molar-refractivity contribution >= 4 is 21.7 Å². The topological polar surface area (TPSA) is 35.0 Å². The highest BCUT2D eigenvalue weighted by Crippen LogP contribution is 2.31. The van der Waals surface area contributed by atoms with E-state index in [0.29, 0.717) is 15.9 Å². The van der Waals surface area contributed by atoms with Crippen LogP contribution in [0.25, 0.3) is 10.3 Å². The number of rotatable bonds is 3. The minimum Gasteiger partial charge on any atom is -0.371 e. The molecule has 0 amide bonds. The Morgan fingerprint density at radius 3 is 2.81 bits per heavy atom. The summed E-state index contributed by atoms with van der Waals surface area (Å²) in [6.07, 6.45) is -2.31. The molecule has 2 aromatic rings. The summed E-state index contributed by atoms with van der Waals surface area (Å²) >= 11 is 1.38. The number of halogens is 2. The summed E-state index contributed by atoms with van der Waals surface area (Å²) in [5, 5.41) is 0.805. The summed E-state index contributed by atoms with van der Waals surface area (Å²) in [5.41, 5.74) is 0.906. The molecule has 0 aliphatic heterocycles. The van der Waals surface area contributed by atoms with E-state index in [2.05, 4.69) is 9.97 Å². The third kappa shape index (κ3) is 1.90. The molecule has 0 aliphatic carbocycles. The van der Waals surface area contributed by atoms with E-state index in [9.17, 15) is 8.78 Å². The molecule has 0 fully saturated rings. The van der Waals surface area contributed by atoms with Gasteiger partial charge < -0.3 is 4.74 Å². The molecular weight excluding hydrogens is 234 g/mol. The monoisotopic (exact) mass is 244 g/mol. The fraction of sp³-hybridized carbons (Fsp3) is 0.400. The third-order valence-corrected chi connectivity index (χ3v) is 3.10. The Kier molecular flexibility index (Phi) is 3.11. The molecule has 2 rings (SSSR count). The molecule has 0 radical (unpaired) electrons. The van der Waals surface area contributed by atoms with Crippen LogP contribution in [0.5, 0.6) is 0 Å². The Balaban J connectivity index is 2.58. The van der Waals surface area contributed by atoms with Gasteiger partial charge in [0, 0.05) is 18.9 Å². The van der Waals surface area contributed by atoms with Gasteiger partial charge in [0.15, 0.2) is 0 Å². The second-order valence-corrected chi connectivity index (χ2v) is 4.46. The molecule has 6 heteroatoms. The summed E-state index contributed by atoms with van der Waals surface area (Å²) in [6, 6.07) is 1.53. The number of fused-ring (bicyclic) bond motifs is 1. The number of hydrogen-bond donors (Lipinski definition) is 0. The summed E-state index contributed by atoms with van der Waals surface area (Å²) < 4.78 is 30.3. The zero-order chi connectivity index (χ0) is 11.7. The van der Waals surface area contributed by atoms with Crippen molar-refractivity contribution in [3.05, 3.63) is 22.8 Å². The number of nitrogens with zero attached hydrogens (tertiary/aromatic N) is 2. The Morgan fingerprint density at radius 1 is 1.44 bits per heavy atom. The van der Waals surface area contributed by atoms with Crippen molar-refractivity contribution in [2.75, 3.05) is 7.11 Å². The number of methoxy groups -OCH3 is 1. The SMILES string of the molecule is CO[C@@H](c1ccnc2sc(C)nc12)C(F)F. The Labute approximate surface area is 95.1 Å². The van der Waals surface area contributed by atoms with E-state index in [1.54, 1.807) is 0 Å². The molecule has 0 aromatic carbocycles. The molecule has 86 valence electrons. The number of alkyl halides is 2. The number of aromatic nitrogens is 2. The molecule has 16 heavy (non-hydrogen) atoms. The van der Waals surface area contributed by atoms with Gasteiger partial charge in [-0.1, -0.05) is 11.3 Å². The zero-order valence-corrected chi connectivity index (χ0v) is 9.59. The van der Waals surface area contributed by atoms with E-state index >= 15 is 0 Å². The minimum absolute atomic E-state index is 0.395. The Morgan fingerprint density at radius 2 is 2.19 bits per heavy atom.